The standard InChI is InChI=1S/C27H20F3N5O2/c28-27(29,30)18-5-3-16(4-6-18)15-35-22-13-21(33-10-7-32-8-11-33)17(14-31)12-19(22)25(36)23-24(35)20-2-1-9-34(20)26(23)37/h1-6,9,12-13,32H,7-8,10-11,15H2. The van der Waals surface area contributed by atoms with Gasteiger partial charge in [0.1, 0.15) is 11.6 Å². The van der Waals surface area contributed by atoms with Gasteiger partial charge in [0.25, 0.3) is 5.91 Å². The van der Waals surface area contributed by atoms with E-state index in [1.807, 2.05) is 0 Å². The lowest BCUT2D eigenvalue weighted by Crippen LogP contribution is -2.43. The maximum atomic E-state index is 13.6. The van der Waals surface area contributed by atoms with Gasteiger partial charge < -0.3 is 14.8 Å². The minimum Gasteiger partial charge on any atom is -0.368 e. The molecule has 1 fully saturated rings. The second-order valence-electron chi connectivity index (χ2n) is 9.14. The number of piperazine rings is 1. The highest BCUT2D eigenvalue weighted by atomic mass is 19.4. The number of carbonyl (C=O) groups excluding carboxylic acids is 1. The summed E-state index contributed by atoms with van der Waals surface area (Å²) in [5, 5.41) is 13.4. The lowest BCUT2D eigenvalue weighted by atomic mass is 10.0. The highest BCUT2D eigenvalue weighted by molar-refractivity contribution is 6.10. The fraction of sp³-hybridized carbons (Fsp3) is 0.222. The Labute approximate surface area is 209 Å². The number of rotatable bonds is 3. The summed E-state index contributed by atoms with van der Waals surface area (Å²) in [7, 11) is 0. The van der Waals surface area contributed by atoms with E-state index in [0.29, 0.717) is 46.8 Å². The second kappa shape index (κ2) is 8.35. The van der Waals surface area contributed by atoms with E-state index in [4.69, 9.17) is 0 Å². The molecule has 10 heteroatoms. The zero-order valence-electron chi connectivity index (χ0n) is 19.5. The normalized spacial score (nSPS) is 15.1. The number of nitriles is 1. The van der Waals surface area contributed by atoms with Gasteiger partial charge in [-0.3, -0.25) is 14.2 Å². The molecule has 2 aromatic carbocycles. The minimum absolute atomic E-state index is 0.00572. The first-order valence-electron chi connectivity index (χ1n) is 11.8. The first-order chi connectivity index (χ1) is 17.8. The Kier molecular flexibility index (Phi) is 5.21. The van der Waals surface area contributed by atoms with Crippen LogP contribution < -0.4 is 15.6 Å². The Morgan fingerprint density at radius 2 is 1.76 bits per heavy atom. The number of alkyl halides is 3. The van der Waals surface area contributed by atoms with Gasteiger partial charge in [0, 0.05) is 44.3 Å². The predicted octanol–water partition coefficient (Wildman–Crippen LogP) is 3.82. The van der Waals surface area contributed by atoms with Crippen molar-refractivity contribution in [3.8, 4) is 17.5 Å². The lowest BCUT2D eigenvalue weighted by molar-refractivity contribution is -0.137. The van der Waals surface area contributed by atoms with Gasteiger partial charge in [0.15, 0.2) is 0 Å². The van der Waals surface area contributed by atoms with Crippen LogP contribution in [0.2, 0.25) is 0 Å². The highest BCUT2D eigenvalue weighted by Gasteiger charge is 2.34. The molecule has 4 heterocycles. The topological polar surface area (TPSA) is 83.1 Å². The van der Waals surface area contributed by atoms with Crippen molar-refractivity contribution in [2.24, 2.45) is 0 Å². The molecule has 1 saturated heterocycles. The van der Waals surface area contributed by atoms with Crippen LogP contribution in [0.5, 0.6) is 0 Å². The summed E-state index contributed by atoms with van der Waals surface area (Å²) in [6, 6.07) is 13.8. The molecule has 1 N–H and O–H groups in total. The van der Waals surface area contributed by atoms with Crippen LogP contribution in [-0.4, -0.2) is 41.2 Å². The number of nitrogens with zero attached hydrogens (tertiary/aromatic N) is 4. The van der Waals surface area contributed by atoms with Gasteiger partial charge >= 0.3 is 6.18 Å². The van der Waals surface area contributed by atoms with E-state index < -0.39 is 23.1 Å². The molecule has 7 nitrogen and oxygen atoms in total. The molecule has 2 aliphatic rings. The third-order valence-corrected chi connectivity index (χ3v) is 7.01. The second-order valence-corrected chi connectivity index (χ2v) is 9.14. The first kappa shape index (κ1) is 23.1. The molecule has 0 saturated carbocycles. The number of fused-ring (bicyclic) bond motifs is 4. The molecule has 0 spiro atoms. The first-order valence-corrected chi connectivity index (χ1v) is 11.8. The quantitative estimate of drug-likeness (QED) is 0.405. The number of halogens is 3. The van der Waals surface area contributed by atoms with Crippen molar-refractivity contribution < 1.29 is 18.0 Å². The molecule has 0 atom stereocenters. The van der Waals surface area contributed by atoms with E-state index in [9.17, 15) is 28.0 Å². The SMILES string of the molecule is N#Cc1cc2c(=O)c3c(n(Cc4ccc(C(F)(F)F)cc4)c2cc1N1CCNCC1)-c1cccn1C3=O. The van der Waals surface area contributed by atoms with E-state index in [2.05, 4.69) is 16.3 Å². The van der Waals surface area contributed by atoms with Crippen molar-refractivity contribution in [3.63, 3.8) is 0 Å². The summed E-state index contributed by atoms with van der Waals surface area (Å²) in [4.78, 5) is 28.9. The maximum Gasteiger partial charge on any atom is 0.416 e. The molecule has 2 aromatic heterocycles. The summed E-state index contributed by atoms with van der Waals surface area (Å²) in [6.07, 6.45) is -2.87. The Morgan fingerprint density at radius 1 is 1.03 bits per heavy atom. The lowest BCUT2D eigenvalue weighted by Gasteiger charge is -2.30. The van der Waals surface area contributed by atoms with Gasteiger partial charge in [0.2, 0.25) is 5.43 Å². The Bertz CT molecular complexity index is 1670. The fourth-order valence-electron chi connectivity index (χ4n) is 5.22. The average molecular weight is 503 g/mol. The molecule has 2 aliphatic heterocycles. The molecule has 4 aromatic rings. The molecule has 0 aliphatic carbocycles. The summed E-state index contributed by atoms with van der Waals surface area (Å²) >= 11 is 0. The van der Waals surface area contributed by atoms with Crippen LogP contribution in [0.15, 0.2) is 59.5 Å². The van der Waals surface area contributed by atoms with E-state index in [-0.39, 0.29) is 17.5 Å². The Balaban J connectivity index is 1.62. The third-order valence-electron chi connectivity index (χ3n) is 7.01. The maximum absolute atomic E-state index is 13.6. The number of pyridine rings is 1. The molecule has 37 heavy (non-hydrogen) atoms. The van der Waals surface area contributed by atoms with Crippen molar-refractivity contribution in [2.75, 3.05) is 31.1 Å². The monoisotopic (exact) mass is 503 g/mol. The summed E-state index contributed by atoms with van der Waals surface area (Å²) < 4.78 is 42.6. The molecule has 0 bridgehead atoms. The number of carbonyl (C=O) groups is 1. The van der Waals surface area contributed by atoms with E-state index in [1.54, 1.807) is 29.0 Å². The van der Waals surface area contributed by atoms with Crippen LogP contribution in [0, 0.1) is 11.3 Å². The van der Waals surface area contributed by atoms with E-state index in [1.165, 1.54) is 22.8 Å². The number of nitrogens with one attached hydrogen (secondary N) is 1. The van der Waals surface area contributed by atoms with Crippen LogP contribution in [0.1, 0.15) is 27.0 Å². The number of hydrogen-bond donors (Lipinski definition) is 1. The Morgan fingerprint density at radius 3 is 2.43 bits per heavy atom. The molecule has 0 radical (unpaired) electrons. The van der Waals surface area contributed by atoms with Gasteiger partial charge in [-0.15, -0.1) is 0 Å². The summed E-state index contributed by atoms with van der Waals surface area (Å²) in [6.45, 7) is 2.97. The summed E-state index contributed by atoms with van der Waals surface area (Å²) in [5.74, 6) is -0.465. The van der Waals surface area contributed by atoms with Crippen molar-refractivity contribution >= 4 is 22.5 Å². The smallest absolute Gasteiger partial charge is 0.368 e. The van der Waals surface area contributed by atoms with Crippen LogP contribution in [0.4, 0.5) is 18.9 Å². The zero-order chi connectivity index (χ0) is 25.9. The number of aromatic nitrogens is 2. The average Bonchev–Trinajstić information content (AvgIpc) is 3.48. The predicted molar refractivity (Wildman–Crippen MR) is 132 cm³/mol. The van der Waals surface area contributed by atoms with Crippen molar-refractivity contribution in [2.45, 2.75) is 12.7 Å². The van der Waals surface area contributed by atoms with Crippen LogP contribution in [-0.2, 0) is 12.7 Å². The van der Waals surface area contributed by atoms with Gasteiger partial charge in [-0.1, -0.05) is 12.1 Å². The number of anilines is 1. The van der Waals surface area contributed by atoms with E-state index in [0.717, 1.165) is 25.2 Å². The van der Waals surface area contributed by atoms with Gasteiger partial charge in [-0.2, -0.15) is 18.4 Å². The van der Waals surface area contributed by atoms with Crippen LogP contribution in [0.25, 0.3) is 22.3 Å². The fourth-order valence-corrected chi connectivity index (χ4v) is 5.22. The molecule has 186 valence electrons. The third kappa shape index (κ3) is 3.62. The largest absolute Gasteiger partial charge is 0.416 e. The molecular weight excluding hydrogens is 483 g/mol. The zero-order valence-corrected chi connectivity index (χ0v) is 19.5. The molecule has 0 amide bonds. The van der Waals surface area contributed by atoms with E-state index >= 15 is 0 Å². The molecule has 0 unspecified atom stereocenters. The molecule has 6 rings (SSSR count). The number of hydrogen-bond acceptors (Lipinski definition) is 5. The molecular formula is C27H20F3N5O2. The Hall–Kier alpha value is -4.36. The van der Waals surface area contributed by atoms with Gasteiger partial charge in [-0.25, -0.2) is 0 Å². The summed E-state index contributed by atoms with van der Waals surface area (Å²) in [5.41, 5.74) is 1.83. The van der Waals surface area contributed by atoms with Gasteiger partial charge in [0.05, 0.1) is 33.7 Å². The van der Waals surface area contributed by atoms with Crippen molar-refractivity contribution in [3.05, 3.63) is 87.2 Å². The van der Waals surface area contributed by atoms with Crippen LogP contribution >= 0.6 is 0 Å². The minimum atomic E-state index is -4.46. The number of benzene rings is 2. The van der Waals surface area contributed by atoms with Crippen LogP contribution in [0.3, 0.4) is 0 Å². The van der Waals surface area contributed by atoms with Crippen molar-refractivity contribution in [1.29, 1.82) is 5.26 Å². The van der Waals surface area contributed by atoms with Gasteiger partial charge in [-0.05, 0) is 42.0 Å². The highest BCUT2D eigenvalue weighted by Crippen LogP contribution is 2.36. The van der Waals surface area contributed by atoms with Crippen molar-refractivity contribution in [1.82, 2.24) is 14.5 Å².